The zero-order valence-electron chi connectivity index (χ0n) is 11.1. The van der Waals surface area contributed by atoms with Crippen molar-refractivity contribution in [2.75, 3.05) is 26.7 Å². The molecule has 0 saturated carbocycles. The molecule has 1 rings (SSSR count). The van der Waals surface area contributed by atoms with Crippen LogP contribution in [-0.4, -0.2) is 42.7 Å². The zero-order valence-corrected chi connectivity index (χ0v) is 11.1. The van der Waals surface area contributed by atoms with E-state index in [4.69, 9.17) is 5.11 Å². The molecule has 0 radical (unpaired) electrons. The van der Waals surface area contributed by atoms with Gasteiger partial charge in [-0.05, 0) is 24.7 Å². The molecule has 0 bridgehead atoms. The second-order valence-corrected chi connectivity index (χ2v) is 4.46. The number of nitrogens with zero attached hydrogens (tertiary/aromatic N) is 1. The molecule has 1 aromatic rings. The summed E-state index contributed by atoms with van der Waals surface area (Å²) in [5, 5.41) is 12.0. The second kappa shape index (κ2) is 7.84. The Balaban J connectivity index is 2.28. The summed E-state index contributed by atoms with van der Waals surface area (Å²) in [7, 11) is 2.10. The van der Waals surface area contributed by atoms with E-state index in [2.05, 4.69) is 24.2 Å². The number of carboxylic acid groups (broad SMARTS) is 1. The number of aliphatic carboxylic acids is 1. The molecule has 0 fully saturated rings. The van der Waals surface area contributed by atoms with Crippen molar-refractivity contribution < 1.29 is 9.90 Å². The average Bonchev–Trinajstić information content (AvgIpc) is 2.35. The molecule has 0 saturated heterocycles. The molecular formula is C14H22N2O2. The maximum absolute atomic E-state index is 10.5. The Morgan fingerprint density at radius 3 is 2.44 bits per heavy atom. The fourth-order valence-electron chi connectivity index (χ4n) is 1.61. The molecule has 0 spiro atoms. The predicted molar refractivity (Wildman–Crippen MR) is 72.7 cm³/mol. The maximum Gasteiger partial charge on any atom is 0.307 e. The Hall–Kier alpha value is -1.39. The summed E-state index contributed by atoms with van der Waals surface area (Å²) in [4.78, 5) is 12.8. The van der Waals surface area contributed by atoms with Gasteiger partial charge in [-0.2, -0.15) is 0 Å². The summed E-state index contributed by atoms with van der Waals surface area (Å²) in [6.45, 7) is 6.02. The molecule has 0 aliphatic rings. The van der Waals surface area contributed by atoms with Crippen LogP contribution in [-0.2, 0) is 17.8 Å². The first-order chi connectivity index (χ1) is 8.61. The summed E-state index contributed by atoms with van der Waals surface area (Å²) >= 11 is 0. The van der Waals surface area contributed by atoms with Crippen LogP contribution in [0.25, 0.3) is 0 Å². The average molecular weight is 250 g/mol. The highest BCUT2D eigenvalue weighted by Crippen LogP contribution is 2.05. The Morgan fingerprint density at radius 1 is 1.28 bits per heavy atom. The predicted octanol–water partition coefficient (Wildman–Crippen LogP) is 1.35. The minimum Gasteiger partial charge on any atom is -0.481 e. The SMILES string of the molecule is CCN(C)CCNCc1ccc(CC(=O)O)cc1. The van der Waals surface area contributed by atoms with Crippen molar-refractivity contribution in [1.82, 2.24) is 10.2 Å². The van der Waals surface area contributed by atoms with Crippen LogP contribution in [0.2, 0.25) is 0 Å². The number of hydrogen-bond acceptors (Lipinski definition) is 3. The van der Waals surface area contributed by atoms with E-state index >= 15 is 0 Å². The van der Waals surface area contributed by atoms with Crippen molar-refractivity contribution in [2.24, 2.45) is 0 Å². The minimum absolute atomic E-state index is 0.0923. The van der Waals surface area contributed by atoms with Crippen LogP contribution in [0.4, 0.5) is 0 Å². The van der Waals surface area contributed by atoms with Gasteiger partial charge < -0.3 is 15.3 Å². The Bertz CT molecular complexity index is 363. The topological polar surface area (TPSA) is 52.6 Å². The molecule has 4 nitrogen and oxygen atoms in total. The Labute approximate surface area is 109 Å². The van der Waals surface area contributed by atoms with Gasteiger partial charge in [-0.15, -0.1) is 0 Å². The van der Waals surface area contributed by atoms with Crippen molar-refractivity contribution in [3.63, 3.8) is 0 Å². The lowest BCUT2D eigenvalue weighted by atomic mass is 10.1. The van der Waals surface area contributed by atoms with Gasteiger partial charge in [0.25, 0.3) is 0 Å². The van der Waals surface area contributed by atoms with Crippen LogP contribution >= 0.6 is 0 Å². The molecule has 0 amide bonds. The van der Waals surface area contributed by atoms with E-state index in [0.717, 1.165) is 31.7 Å². The third-order valence-corrected chi connectivity index (χ3v) is 2.92. The number of likely N-dealkylation sites (N-methyl/N-ethyl adjacent to an activating group) is 1. The molecule has 0 atom stereocenters. The third-order valence-electron chi connectivity index (χ3n) is 2.92. The van der Waals surface area contributed by atoms with Gasteiger partial charge in [-0.1, -0.05) is 31.2 Å². The molecule has 0 aliphatic carbocycles. The van der Waals surface area contributed by atoms with Crippen LogP contribution in [0, 0.1) is 0 Å². The summed E-state index contributed by atoms with van der Waals surface area (Å²) in [6.07, 6.45) is 0.0923. The minimum atomic E-state index is -0.788. The van der Waals surface area contributed by atoms with E-state index in [9.17, 15) is 4.79 Å². The monoisotopic (exact) mass is 250 g/mol. The van der Waals surface area contributed by atoms with Crippen molar-refractivity contribution in [2.45, 2.75) is 19.9 Å². The molecule has 100 valence electrons. The van der Waals surface area contributed by atoms with Gasteiger partial charge in [0.1, 0.15) is 0 Å². The fraction of sp³-hybridized carbons (Fsp3) is 0.500. The van der Waals surface area contributed by atoms with Gasteiger partial charge in [0, 0.05) is 19.6 Å². The van der Waals surface area contributed by atoms with Gasteiger partial charge in [0.05, 0.1) is 6.42 Å². The lowest BCUT2D eigenvalue weighted by Gasteiger charge is -2.14. The van der Waals surface area contributed by atoms with Crippen molar-refractivity contribution >= 4 is 5.97 Å². The van der Waals surface area contributed by atoms with Crippen LogP contribution in [0.3, 0.4) is 0 Å². The summed E-state index contributed by atoms with van der Waals surface area (Å²) in [5.41, 5.74) is 2.03. The zero-order chi connectivity index (χ0) is 13.4. The summed E-state index contributed by atoms with van der Waals surface area (Å²) in [5.74, 6) is -0.788. The first kappa shape index (κ1) is 14.7. The molecule has 2 N–H and O–H groups in total. The number of carboxylic acids is 1. The summed E-state index contributed by atoms with van der Waals surface area (Å²) in [6, 6.07) is 7.72. The van der Waals surface area contributed by atoms with Gasteiger partial charge in [0.15, 0.2) is 0 Å². The van der Waals surface area contributed by atoms with E-state index in [0.29, 0.717) is 0 Å². The van der Waals surface area contributed by atoms with Gasteiger partial charge >= 0.3 is 5.97 Å². The van der Waals surface area contributed by atoms with Crippen molar-refractivity contribution in [1.29, 1.82) is 0 Å². The Morgan fingerprint density at radius 2 is 1.89 bits per heavy atom. The normalized spacial score (nSPS) is 10.8. The van der Waals surface area contributed by atoms with Crippen molar-refractivity contribution in [3.05, 3.63) is 35.4 Å². The fourth-order valence-corrected chi connectivity index (χ4v) is 1.61. The highest BCUT2D eigenvalue weighted by molar-refractivity contribution is 5.70. The van der Waals surface area contributed by atoms with Gasteiger partial charge in [-0.25, -0.2) is 0 Å². The largest absolute Gasteiger partial charge is 0.481 e. The van der Waals surface area contributed by atoms with Crippen molar-refractivity contribution in [3.8, 4) is 0 Å². The van der Waals surface area contributed by atoms with Crippen LogP contribution in [0.5, 0.6) is 0 Å². The number of carbonyl (C=O) groups is 1. The molecule has 1 aromatic carbocycles. The quantitative estimate of drug-likeness (QED) is 0.684. The van der Waals surface area contributed by atoms with E-state index in [1.807, 2.05) is 24.3 Å². The Kier molecular flexibility index (Phi) is 6.39. The highest BCUT2D eigenvalue weighted by Gasteiger charge is 2.00. The standard InChI is InChI=1S/C14H22N2O2/c1-3-16(2)9-8-15-11-13-6-4-12(5-7-13)10-14(17)18/h4-7,15H,3,8-11H2,1-2H3,(H,17,18). The number of benzene rings is 1. The van der Waals surface area contributed by atoms with Crippen LogP contribution in [0.1, 0.15) is 18.1 Å². The maximum atomic E-state index is 10.5. The van der Waals surface area contributed by atoms with E-state index in [-0.39, 0.29) is 6.42 Å². The molecule has 0 heterocycles. The van der Waals surface area contributed by atoms with Crippen LogP contribution < -0.4 is 5.32 Å². The van der Waals surface area contributed by atoms with E-state index in [1.165, 1.54) is 5.56 Å². The molecule has 4 heteroatoms. The number of hydrogen-bond donors (Lipinski definition) is 2. The summed E-state index contributed by atoms with van der Waals surface area (Å²) < 4.78 is 0. The highest BCUT2D eigenvalue weighted by atomic mass is 16.4. The molecule has 18 heavy (non-hydrogen) atoms. The van der Waals surface area contributed by atoms with E-state index < -0.39 is 5.97 Å². The van der Waals surface area contributed by atoms with E-state index in [1.54, 1.807) is 0 Å². The van der Waals surface area contributed by atoms with Gasteiger partial charge in [0.2, 0.25) is 0 Å². The lowest BCUT2D eigenvalue weighted by Crippen LogP contribution is -2.28. The molecule has 0 aromatic heterocycles. The molecule has 0 unspecified atom stereocenters. The lowest BCUT2D eigenvalue weighted by molar-refractivity contribution is -0.136. The van der Waals surface area contributed by atoms with Crippen LogP contribution in [0.15, 0.2) is 24.3 Å². The second-order valence-electron chi connectivity index (χ2n) is 4.46. The smallest absolute Gasteiger partial charge is 0.307 e. The third kappa shape index (κ3) is 5.80. The number of rotatable bonds is 8. The first-order valence-corrected chi connectivity index (χ1v) is 6.30. The first-order valence-electron chi connectivity index (χ1n) is 6.30. The molecular weight excluding hydrogens is 228 g/mol. The number of nitrogens with one attached hydrogen (secondary N) is 1. The van der Waals surface area contributed by atoms with Gasteiger partial charge in [-0.3, -0.25) is 4.79 Å². The molecule has 0 aliphatic heterocycles.